The zero-order valence-corrected chi connectivity index (χ0v) is 14.3. The normalized spacial score (nSPS) is 23.7. The van der Waals surface area contributed by atoms with Gasteiger partial charge in [-0.2, -0.15) is 0 Å². The van der Waals surface area contributed by atoms with Crippen molar-refractivity contribution in [3.63, 3.8) is 0 Å². The standard InChI is InChI=1S/C20H24N4O/c25-20(22-18-10-13-23-12-2-1-3-19(18)23)9-6-16-4-7-17(8-5-16)24-14-11-21-15-24/h4-9,11,14-15,18-19H,1-3,10,12-13H2,(H,22,25)/b9-6+. The Morgan fingerprint density at radius 3 is 2.84 bits per heavy atom. The Morgan fingerprint density at radius 2 is 2.04 bits per heavy atom. The summed E-state index contributed by atoms with van der Waals surface area (Å²) in [6.45, 7) is 2.31. The van der Waals surface area contributed by atoms with E-state index < -0.39 is 0 Å². The summed E-state index contributed by atoms with van der Waals surface area (Å²) in [5.41, 5.74) is 2.08. The number of amides is 1. The molecule has 130 valence electrons. The van der Waals surface area contributed by atoms with Gasteiger partial charge in [0, 0.05) is 42.8 Å². The summed E-state index contributed by atoms with van der Waals surface area (Å²) < 4.78 is 1.95. The van der Waals surface area contributed by atoms with Crippen molar-refractivity contribution < 1.29 is 4.79 Å². The average molecular weight is 336 g/mol. The van der Waals surface area contributed by atoms with Crippen LogP contribution in [0.3, 0.4) is 0 Å². The highest BCUT2D eigenvalue weighted by Crippen LogP contribution is 2.27. The van der Waals surface area contributed by atoms with Crippen molar-refractivity contribution in [3.8, 4) is 5.69 Å². The van der Waals surface area contributed by atoms with Crippen LogP contribution in [0.4, 0.5) is 0 Å². The van der Waals surface area contributed by atoms with E-state index in [4.69, 9.17) is 0 Å². The van der Waals surface area contributed by atoms with Gasteiger partial charge in [-0.1, -0.05) is 18.6 Å². The highest BCUT2D eigenvalue weighted by Gasteiger charge is 2.35. The van der Waals surface area contributed by atoms with Crippen LogP contribution in [0.2, 0.25) is 0 Å². The molecule has 3 heterocycles. The molecular weight excluding hydrogens is 312 g/mol. The molecule has 2 unspecified atom stereocenters. The Kier molecular flexibility index (Phi) is 4.65. The van der Waals surface area contributed by atoms with Crippen LogP contribution in [0.1, 0.15) is 31.2 Å². The third-order valence-electron chi connectivity index (χ3n) is 5.31. The molecule has 25 heavy (non-hydrogen) atoms. The van der Waals surface area contributed by atoms with E-state index in [-0.39, 0.29) is 5.91 Å². The first-order valence-electron chi connectivity index (χ1n) is 9.11. The van der Waals surface area contributed by atoms with Crippen LogP contribution in [-0.4, -0.2) is 45.5 Å². The third-order valence-corrected chi connectivity index (χ3v) is 5.31. The van der Waals surface area contributed by atoms with Crippen LogP contribution >= 0.6 is 0 Å². The molecule has 0 radical (unpaired) electrons. The van der Waals surface area contributed by atoms with E-state index in [9.17, 15) is 4.79 Å². The van der Waals surface area contributed by atoms with Gasteiger partial charge in [0.25, 0.3) is 0 Å². The largest absolute Gasteiger partial charge is 0.348 e. The first-order chi connectivity index (χ1) is 12.3. The fourth-order valence-corrected chi connectivity index (χ4v) is 3.99. The predicted molar refractivity (Wildman–Crippen MR) is 98.4 cm³/mol. The zero-order chi connectivity index (χ0) is 17.1. The zero-order valence-electron chi connectivity index (χ0n) is 14.3. The Morgan fingerprint density at radius 1 is 1.16 bits per heavy atom. The van der Waals surface area contributed by atoms with Gasteiger partial charge in [-0.15, -0.1) is 0 Å². The van der Waals surface area contributed by atoms with Gasteiger partial charge in [0.05, 0.1) is 6.33 Å². The monoisotopic (exact) mass is 336 g/mol. The molecule has 1 N–H and O–H groups in total. The summed E-state index contributed by atoms with van der Waals surface area (Å²) in [5, 5.41) is 3.20. The minimum Gasteiger partial charge on any atom is -0.348 e. The predicted octanol–water partition coefficient (Wildman–Crippen LogP) is 2.63. The minimum atomic E-state index is 0.0103. The van der Waals surface area contributed by atoms with Gasteiger partial charge in [-0.05, 0) is 49.6 Å². The number of aromatic nitrogens is 2. The Balaban J connectivity index is 1.34. The van der Waals surface area contributed by atoms with Gasteiger partial charge in [0.1, 0.15) is 0 Å². The van der Waals surface area contributed by atoms with Crippen molar-refractivity contribution in [3.05, 3.63) is 54.6 Å². The second kappa shape index (κ2) is 7.23. The molecular formula is C20H24N4O. The number of fused-ring (bicyclic) bond motifs is 1. The quantitative estimate of drug-likeness (QED) is 0.873. The second-order valence-corrected chi connectivity index (χ2v) is 6.90. The molecule has 2 aromatic rings. The maximum Gasteiger partial charge on any atom is 0.244 e. The number of rotatable bonds is 4. The SMILES string of the molecule is O=C(/C=C/c1ccc(-n2ccnc2)cc1)NC1CCN2CCCCC12. The lowest BCUT2D eigenvalue weighted by Crippen LogP contribution is -2.46. The number of carbonyl (C=O) groups excluding carboxylic acids is 1. The van der Waals surface area contributed by atoms with Gasteiger partial charge in [-0.25, -0.2) is 4.98 Å². The van der Waals surface area contributed by atoms with Gasteiger partial charge in [0.2, 0.25) is 5.91 Å². The summed E-state index contributed by atoms with van der Waals surface area (Å²) in [7, 11) is 0. The maximum atomic E-state index is 12.3. The van der Waals surface area contributed by atoms with E-state index in [0.717, 1.165) is 24.2 Å². The van der Waals surface area contributed by atoms with Crippen molar-refractivity contribution in [2.24, 2.45) is 0 Å². The van der Waals surface area contributed by atoms with Crippen LogP contribution in [0.15, 0.2) is 49.1 Å². The number of hydrogen-bond acceptors (Lipinski definition) is 3. The van der Waals surface area contributed by atoms with Gasteiger partial charge >= 0.3 is 0 Å². The van der Waals surface area contributed by atoms with E-state index >= 15 is 0 Å². The highest BCUT2D eigenvalue weighted by molar-refractivity contribution is 5.92. The molecule has 2 aliphatic heterocycles. The van der Waals surface area contributed by atoms with Crippen molar-refractivity contribution in [1.29, 1.82) is 0 Å². The summed E-state index contributed by atoms with van der Waals surface area (Å²) in [5.74, 6) is 0.0103. The van der Waals surface area contributed by atoms with Crippen LogP contribution in [0.5, 0.6) is 0 Å². The fourth-order valence-electron chi connectivity index (χ4n) is 3.99. The molecule has 1 amide bonds. The van der Waals surface area contributed by atoms with Crippen molar-refractivity contribution in [1.82, 2.24) is 19.8 Å². The molecule has 2 aliphatic rings. The second-order valence-electron chi connectivity index (χ2n) is 6.90. The fraction of sp³-hybridized carbons (Fsp3) is 0.400. The smallest absolute Gasteiger partial charge is 0.244 e. The molecule has 5 heteroatoms. The summed E-state index contributed by atoms with van der Waals surface area (Å²) in [6, 6.07) is 8.92. The summed E-state index contributed by atoms with van der Waals surface area (Å²) >= 11 is 0. The first-order valence-corrected chi connectivity index (χ1v) is 9.11. The molecule has 2 fully saturated rings. The average Bonchev–Trinajstić information content (AvgIpc) is 3.31. The van der Waals surface area contributed by atoms with E-state index in [0.29, 0.717) is 12.1 Å². The molecule has 5 nitrogen and oxygen atoms in total. The summed E-state index contributed by atoms with van der Waals surface area (Å²) in [4.78, 5) is 18.9. The minimum absolute atomic E-state index is 0.0103. The lowest BCUT2D eigenvalue weighted by molar-refractivity contribution is -0.117. The Hall–Kier alpha value is -2.40. The van der Waals surface area contributed by atoms with Crippen LogP contribution < -0.4 is 5.32 Å². The van der Waals surface area contributed by atoms with Gasteiger partial charge in [-0.3, -0.25) is 9.69 Å². The number of imidazole rings is 1. The molecule has 1 aromatic carbocycles. The molecule has 0 saturated carbocycles. The molecule has 2 atom stereocenters. The van der Waals surface area contributed by atoms with Gasteiger partial charge in [0.15, 0.2) is 0 Å². The van der Waals surface area contributed by atoms with E-state index in [1.807, 2.05) is 41.1 Å². The third kappa shape index (κ3) is 3.66. The number of piperidine rings is 1. The molecule has 0 spiro atoms. The number of benzene rings is 1. The lowest BCUT2D eigenvalue weighted by atomic mass is 9.99. The Bertz CT molecular complexity index is 736. The number of nitrogens with zero attached hydrogens (tertiary/aromatic N) is 3. The van der Waals surface area contributed by atoms with Crippen molar-refractivity contribution in [2.45, 2.75) is 37.8 Å². The molecule has 1 aromatic heterocycles. The number of carbonyl (C=O) groups is 1. The first kappa shape index (κ1) is 16.1. The van der Waals surface area contributed by atoms with Crippen molar-refractivity contribution >= 4 is 12.0 Å². The lowest BCUT2D eigenvalue weighted by Gasteiger charge is -2.32. The topological polar surface area (TPSA) is 50.2 Å². The molecule has 0 aliphatic carbocycles. The number of hydrogen-bond donors (Lipinski definition) is 1. The molecule has 0 bridgehead atoms. The maximum absolute atomic E-state index is 12.3. The molecule has 2 saturated heterocycles. The van der Waals surface area contributed by atoms with Crippen molar-refractivity contribution in [2.75, 3.05) is 13.1 Å². The van der Waals surface area contributed by atoms with Crippen LogP contribution in [-0.2, 0) is 4.79 Å². The van der Waals surface area contributed by atoms with Crippen LogP contribution in [0, 0.1) is 0 Å². The number of nitrogens with one attached hydrogen (secondary N) is 1. The molecule has 4 rings (SSSR count). The highest BCUT2D eigenvalue weighted by atomic mass is 16.1. The summed E-state index contributed by atoms with van der Waals surface area (Å²) in [6.07, 6.45) is 13.8. The Labute approximate surface area is 148 Å². The van der Waals surface area contributed by atoms with E-state index in [2.05, 4.69) is 15.2 Å². The van der Waals surface area contributed by atoms with Gasteiger partial charge < -0.3 is 9.88 Å². The van der Waals surface area contributed by atoms with E-state index in [1.165, 1.54) is 25.8 Å². The van der Waals surface area contributed by atoms with Crippen LogP contribution in [0.25, 0.3) is 11.8 Å². The van der Waals surface area contributed by atoms with E-state index in [1.54, 1.807) is 18.6 Å².